The maximum Gasteiger partial charge on any atom is 0.140 e. The third kappa shape index (κ3) is 2.06. The molecule has 110 valence electrons. The van der Waals surface area contributed by atoms with Gasteiger partial charge in [-0.1, -0.05) is 6.92 Å². The lowest BCUT2D eigenvalue weighted by Crippen LogP contribution is -2.17. The van der Waals surface area contributed by atoms with Crippen LogP contribution in [0.3, 0.4) is 0 Å². The van der Waals surface area contributed by atoms with Crippen LogP contribution in [0.5, 0.6) is 5.75 Å². The van der Waals surface area contributed by atoms with Crippen LogP contribution in [-0.2, 0) is 23.6 Å². The number of methoxy groups -OCH3 is 1. The van der Waals surface area contributed by atoms with Crippen LogP contribution in [0.4, 0.5) is 11.5 Å². The molecule has 0 bridgehead atoms. The van der Waals surface area contributed by atoms with Gasteiger partial charge in [-0.2, -0.15) is 0 Å². The van der Waals surface area contributed by atoms with Crippen molar-refractivity contribution in [3.05, 3.63) is 34.9 Å². The van der Waals surface area contributed by atoms with E-state index in [1.54, 1.807) is 13.2 Å². The molecular weight excluding hydrogens is 286 g/mol. The largest absolute Gasteiger partial charge is 0.497 e. The molecule has 1 atom stereocenters. The molecule has 1 aromatic heterocycles. The van der Waals surface area contributed by atoms with Crippen molar-refractivity contribution in [2.45, 2.75) is 29.7 Å². The van der Waals surface area contributed by atoms with Gasteiger partial charge in [-0.15, -0.1) is 0 Å². The summed E-state index contributed by atoms with van der Waals surface area (Å²) in [6.45, 7) is 1.98. The van der Waals surface area contributed by atoms with Gasteiger partial charge in [0.2, 0.25) is 0 Å². The Kier molecular flexibility index (Phi) is 3.33. The lowest BCUT2D eigenvalue weighted by molar-refractivity contribution is 0.414. The fourth-order valence-corrected chi connectivity index (χ4v) is 4.03. The van der Waals surface area contributed by atoms with Gasteiger partial charge in [-0.05, 0) is 30.2 Å². The molecule has 0 saturated carbocycles. The molecule has 0 radical (unpaired) electrons. The second-order valence-electron chi connectivity index (χ2n) is 4.95. The number of anilines is 2. The monoisotopic (exact) mass is 303 g/mol. The highest BCUT2D eigenvalue weighted by Gasteiger charge is 2.27. The number of fused-ring (bicyclic) bond motifs is 2. The van der Waals surface area contributed by atoms with Crippen molar-refractivity contribution < 1.29 is 8.95 Å². The Balaban J connectivity index is 2.21. The molecule has 0 amide bonds. The van der Waals surface area contributed by atoms with Crippen molar-refractivity contribution in [3.63, 3.8) is 0 Å². The van der Waals surface area contributed by atoms with Crippen LogP contribution in [0.15, 0.2) is 28.1 Å². The van der Waals surface area contributed by atoms with Crippen molar-refractivity contribution in [2.24, 2.45) is 0 Å². The smallest absolute Gasteiger partial charge is 0.140 e. The number of aromatic nitrogens is 1. The maximum atomic E-state index is 12.7. The van der Waals surface area contributed by atoms with Gasteiger partial charge in [-0.3, -0.25) is 0 Å². The Bertz CT molecular complexity index is 759. The summed E-state index contributed by atoms with van der Waals surface area (Å²) in [5.74, 6) is 1.12. The van der Waals surface area contributed by atoms with Gasteiger partial charge in [0, 0.05) is 28.1 Å². The van der Waals surface area contributed by atoms with Gasteiger partial charge in [0.05, 0.1) is 7.11 Å². The van der Waals surface area contributed by atoms with Gasteiger partial charge < -0.3 is 16.2 Å². The number of hydrogen-bond donors (Lipinski definition) is 2. The molecule has 1 aliphatic heterocycles. The Morgan fingerprint density at radius 3 is 2.81 bits per heavy atom. The van der Waals surface area contributed by atoms with Crippen LogP contribution >= 0.6 is 0 Å². The Hall–Kier alpha value is -2.08. The molecule has 2 aromatic rings. The van der Waals surface area contributed by atoms with Crippen molar-refractivity contribution in [2.75, 3.05) is 18.6 Å². The molecule has 1 aromatic carbocycles. The highest BCUT2D eigenvalue weighted by atomic mass is 32.2. The summed E-state index contributed by atoms with van der Waals surface area (Å²) in [5.41, 5.74) is 15.4. The number of ether oxygens (including phenoxy) is 1. The van der Waals surface area contributed by atoms with Gasteiger partial charge in [0.25, 0.3) is 0 Å². The second kappa shape index (κ2) is 5.04. The first kappa shape index (κ1) is 13.9. The molecule has 3 rings (SSSR count). The SMILES string of the molecule is CCc1c(N)nc2c(c1N)Cc1cc(OC)ccc1S2=O. The van der Waals surface area contributed by atoms with Crippen LogP contribution in [0.1, 0.15) is 23.6 Å². The number of pyridine rings is 1. The van der Waals surface area contributed by atoms with Crippen molar-refractivity contribution in [3.8, 4) is 5.75 Å². The van der Waals surface area contributed by atoms with E-state index in [4.69, 9.17) is 16.2 Å². The molecule has 21 heavy (non-hydrogen) atoms. The average molecular weight is 303 g/mol. The minimum Gasteiger partial charge on any atom is -0.497 e. The first-order valence-corrected chi connectivity index (χ1v) is 7.87. The van der Waals surface area contributed by atoms with Gasteiger partial charge in [0.1, 0.15) is 27.4 Å². The summed E-state index contributed by atoms with van der Waals surface area (Å²) in [5, 5.41) is 0.486. The number of nitrogens with zero attached hydrogens (tertiary/aromatic N) is 1. The molecule has 0 aliphatic carbocycles. The average Bonchev–Trinajstić information content (AvgIpc) is 2.49. The highest BCUT2D eigenvalue weighted by Crippen LogP contribution is 2.37. The van der Waals surface area contributed by atoms with Crippen LogP contribution in [0, 0.1) is 0 Å². The number of benzene rings is 1. The third-order valence-electron chi connectivity index (χ3n) is 3.80. The second-order valence-corrected chi connectivity index (χ2v) is 6.31. The fraction of sp³-hybridized carbons (Fsp3) is 0.267. The molecule has 1 aliphatic rings. The molecule has 2 heterocycles. The topological polar surface area (TPSA) is 91.2 Å². The number of rotatable bonds is 2. The van der Waals surface area contributed by atoms with E-state index in [-0.39, 0.29) is 0 Å². The Morgan fingerprint density at radius 1 is 1.38 bits per heavy atom. The standard InChI is InChI=1S/C15H17N3O2S/c1-3-10-13(16)11-7-8-6-9(20-2)4-5-12(8)21(19)15(11)18-14(10)17/h4-6H,3,7H2,1-2H3,(H4,16,17,18). The van der Waals surface area contributed by atoms with E-state index >= 15 is 0 Å². The van der Waals surface area contributed by atoms with E-state index in [1.807, 2.05) is 19.1 Å². The maximum absolute atomic E-state index is 12.7. The van der Waals surface area contributed by atoms with Crippen LogP contribution in [-0.4, -0.2) is 16.3 Å². The number of hydrogen-bond acceptors (Lipinski definition) is 5. The van der Waals surface area contributed by atoms with Crippen LogP contribution < -0.4 is 16.2 Å². The first-order valence-electron chi connectivity index (χ1n) is 6.72. The molecule has 0 fully saturated rings. The van der Waals surface area contributed by atoms with Gasteiger partial charge in [0.15, 0.2) is 0 Å². The molecule has 6 heteroatoms. The fourth-order valence-electron chi connectivity index (χ4n) is 2.67. The van der Waals surface area contributed by atoms with E-state index in [9.17, 15) is 4.21 Å². The first-order chi connectivity index (χ1) is 10.1. The summed E-state index contributed by atoms with van der Waals surface area (Å²) >= 11 is 0. The molecular formula is C15H17N3O2S. The minimum absolute atomic E-state index is 0.374. The summed E-state index contributed by atoms with van der Waals surface area (Å²) in [7, 11) is 0.255. The quantitative estimate of drug-likeness (QED) is 0.754. The van der Waals surface area contributed by atoms with E-state index in [1.165, 1.54) is 0 Å². The zero-order valence-electron chi connectivity index (χ0n) is 12.0. The zero-order chi connectivity index (χ0) is 15.1. The molecule has 5 nitrogen and oxygen atoms in total. The third-order valence-corrected chi connectivity index (χ3v) is 5.29. The summed E-state index contributed by atoms with van der Waals surface area (Å²) in [6, 6.07) is 5.52. The van der Waals surface area contributed by atoms with E-state index in [2.05, 4.69) is 4.98 Å². The molecule has 4 N–H and O–H groups in total. The number of nitrogen functional groups attached to an aromatic ring is 2. The van der Waals surface area contributed by atoms with E-state index in [0.29, 0.717) is 29.4 Å². The van der Waals surface area contributed by atoms with Crippen LogP contribution in [0.2, 0.25) is 0 Å². The van der Waals surface area contributed by atoms with Crippen molar-refractivity contribution in [1.29, 1.82) is 0 Å². The lowest BCUT2D eigenvalue weighted by Gasteiger charge is -2.22. The van der Waals surface area contributed by atoms with E-state index < -0.39 is 10.8 Å². The zero-order valence-corrected chi connectivity index (χ0v) is 12.8. The van der Waals surface area contributed by atoms with Crippen molar-refractivity contribution >= 4 is 22.3 Å². The van der Waals surface area contributed by atoms with Crippen LogP contribution in [0.25, 0.3) is 0 Å². The normalized spacial score (nSPS) is 16.2. The summed E-state index contributed by atoms with van der Waals surface area (Å²) < 4.78 is 17.9. The van der Waals surface area contributed by atoms with E-state index in [0.717, 1.165) is 27.3 Å². The van der Waals surface area contributed by atoms with Crippen molar-refractivity contribution in [1.82, 2.24) is 4.98 Å². The predicted molar refractivity (Wildman–Crippen MR) is 82.9 cm³/mol. The Morgan fingerprint density at radius 2 is 2.14 bits per heavy atom. The minimum atomic E-state index is -1.36. The predicted octanol–water partition coefficient (Wildman–Crippen LogP) is 1.89. The molecule has 1 unspecified atom stereocenters. The molecule has 0 spiro atoms. The van der Waals surface area contributed by atoms with Gasteiger partial charge in [-0.25, -0.2) is 9.19 Å². The summed E-state index contributed by atoms with van der Waals surface area (Å²) in [6.07, 6.45) is 1.30. The number of nitrogens with two attached hydrogens (primary N) is 2. The highest BCUT2D eigenvalue weighted by molar-refractivity contribution is 7.85. The summed E-state index contributed by atoms with van der Waals surface area (Å²) in [4.78, 5) is 5.08. The lowest BCUT2D eigenvalue weighted by atomic mass is 10.0. The molecule has 0 saturated heterocycles. The Labute approximate surface area is 125 Å². The van der Waals surface area contributed by atoms with Gasteiger partial charge >= 0.3 is 0 Å².